The van der Waals surface area contributed by atoms with Crippen molar-refractivity contribution >= 4 is 27.2 Å². The van der Waals surface area contributed by atoms with Gasteiger partial charge in [-0.05, 0) is 60.3 Å². The Labute approximate surface area is 164 Å². The van der Waals surface area contributed by atoms with Crippen LogP contribution < -0.4 is 0 Å². The van der Waals surface area contributed by atoms with Gasteiger partial charge in [-0.15, -0.1) is 6.58 Å². The molecule has 0 saturated heterocycles. The second-order valence-corrected chi connectivity index (χ2v) is 9.34. The summed E-state index contributed by atoms with van der Waals surface area (Å²) in [7, 11) is -3.14. The van der Waals surface area contributed by atoms with Crippen molar-refractivity contribution in [2.75, 3.05) is 12.5 Å². The van der Waals surface area contributed by atoms with Gasteiger partial charge in [0.25, 0.3) is 0 Å². The van der Waals surface area contributed by atoms with Crippen LogP contribution in [0.4, 0.5) is 0 Å². The van der Waals surface area contributed by atoms with E-state index in [1.165, 1.54) is 17.4 Å². The van der Waals surface area contributed by atoms with Crippen LogP contribution in [0.15, 0.2) is 59.5 Å². The number of allylic oxidation sites excluding steroid dienone is 4. The number of sulfone groups is 1. The molecule has 0 radical (unpaired) electrons. The van der Waals surface area contributed by atoms with Gasteiger partial charge in [0, 0.05) is 11.5 Å². The third-order valence-electron chi connectivity index (χ3n) is 4.52. The van der Waals surface area contributed by atoms with Crippen LogP contribution in [-0.2, 0) is 9.84 Å². The maximum Gasteiger partial charge on any atom is 0.175 e. The van der Waals surface area contributed by atoms with E-state index < -0.39 is 9.84 Å². The van der Waals surface area contributed by atoms with Crippen LogP contribution in [0.25, 0.3) is 5.57 Å². The molecule has 1 aliphatic rings. The predicted molar refractivity (Wildman–Crippen MR) is 117 cm³/mol. The zero-order valence-corrected chi connectivity index (χ0v) is 18.3. The summed E-state index contributed by atoms with van der Waals surface area (Å²) in [4.78, 5) is 0.379. The molecule has 0 aliphatic heterocycles. The van der Waals surface area contributed by atoms with Crippen LogP contribution in [-0.4, -0.2) is 26.2 Å². The summed E-state index contributed by atoms with van der Waals surface area (Å²) in [5.41, 5.74) is 3.85. The Balaban J connectivity index is 0.00000163. The summed E-state index contributed by atoms with van der Waals surface area (Å²) in [6, 6.07) is 7.29. The van der Waals surface area contributed by atoms with Crippen molar-refractivity contribution in [3.05, 3.63) is 60.2 Å². The zero-order valence-electron chi connectivity index (χ0n) is 16.7. The van der Waals surface area contributed by atoms with E-state index in [0.717, 1.165) is 24.8 Å². The third-order valence-corrected chi connectivity index (χ3v) is 6.81. The van der Waals surface area contributed by atoms with E-state index in [0.29, 0.717) is 16.1 Å². The molecular weight excluding hydrogens is 360 g/mol. The Kier molecular flexibility index (Phi) is 9.45. The fourth-order valence-corrected chi connectivity index (χ4v) is 4.43. The number of hydrogen-bond donors (Lipinski definition) is 0. The van der Waals surface area contributed by atoms with Crippen molar-refractivity contribution in [3.8, 4) is 0 Å². The summed E-state index contributed by atoms with van der Waals surface area (Å²) in [5.74, 6) is 0.444. The molecule has 2 unspecified atom stereocenters. The zero-order chi connectivity index (χ0) is 19.7. The fraction of sp³-hybridized carbons (Fsp3) is 0.455. The lowest BCUT2D eigenvalue weighted by Crippen LogP contribution is -2.07. The standard InChI is InChI=1S/C20H26O2S2.C2H6/c1-5-20(23-3)15(2)9-10-16-7-6-8-19(16)17-11-13-18(14-12-17)24(4,21)22;1-2/h5,9-15,20H,1,6-8H2,2-4H3;1-2H3/b10-9+;. The average molecular weight is 393 g/mol. The summed E-state index contributed by atoms with van der Waals surface area (Å²) in [5, 5.41) is 0.431. The second-order valence-electron chi connectivity index (χ2n) is 6.31. The molecule has 0 amide bonds. The molecular formula is C22H32O2S2. The summed E-state index contributed by atoms with van der Waals surface area (Å²) < 4.78 is 23.2. The minimum absolute atomic E-state index is 0.379. The molecule has 0 aromatic heterocycles. The molecule has 0 spiro atoms. The highest BCUT2D eigenvalue weighted by Crippen LogP contribution is 2.35. The van der Waals surface area contributed by atoms with E-state index in [4.69, 9.17) is 0 Å². The van der Waals surface area contributed by atoms with E-state index in [2.05, 4.69) is 31.9 Å². The maximum absolute atomic E-state index is 11.6. The number of rotatable bonds is 7. The summed E-state index contributed by atoms with van der Waals surface area (Å²) in [6.07, 6.45) is 13.2. The largest absolute Gasteiger partial charge is 0.224 e. The molecule has 1 aliphatic carbocycles. The Morgan fingerprint density at radius 1 is 1.15 bits per heavy atom. The van der Waals surface area contributed by atoms with Gasteiger partial charge in [-0.1, -0.05) is 51.1 Å². The van der Waals surface area contributed by atoms with Crippen molar-refractivity contribution < 1.29 is 8.42 Å². The normalized spacial score (nSPS) is 17.0. The lowest BCUT2D eigenvalue weighted by atomic mass is 10.00. The maximum atomic E-state index is 11.6. The fourth-order valence-electron chi connectivity index (χ4n) is 3.09. The summed E-state index contributed by atoms with van der Waals surface area (Å²) >= 11 is 1.82. The summed E-state index contributed by atoms with van der Waals surface area (Å²) in [6.45, 7) is 10.1. The molecule has 1 aromatic rings. The Bertz CT molecular complexity index is 741. The van der Waals surface area contributed by atoms with Gasteiger partial charge in [0.1, 0.15) is 0 Å². The number of hydrogen-bond acceptors (Lipinski definition) is 3. The predicted octanol–water partition coefficient (Wildman–Crippen LogP) is 6.16. The highest BCUT2D eigenvalue weighted by molar-refractivity contribution is 7.99. The SMILES string of the molecule is C=CC(SC)C(C)/C=C/C1=C(c2ccc(S(C)(=O)=O)cc2)CCC1.CC. The topological polar surface area (TPSA) is 34.1 Å². The van der Waals surface area contributed by atoms with Crippen molar-refractivity contribution in [3.63, 3.8) is 0 Å². The molecule has 1 aromatic carbocycles. The molecule has 0 fully saturated rings. The molecule has 0 N–H and O–H groups in total. The van der Waals surface area contributed by atoms with Gasteiger partial charge in [0.15, 0.2) is 9.84 Å². The first-order valence-electron chi connectivity index (χ1n) is 9.23. The van der Waals surface area contributed by atoms with Crippen molar-refractivity contribution in [2.24, 2.45) is 5.92 Å². The van der Waals surface area contributed by atoms with Crippen molar-refractivity contribution in [2.45, 2.75) is 50.2 Å². The van der Waals surface area contributed by atoms with Crippen LogP contribution in [0.1, 0.15) is 45.6 Å². The molecule has 0 saturated carbocycles. The van der Waals surface area contributed by atoms with Gasteiger partial charge in [-0.3, -0.25) is 0 Å². The van der Waals surface area contributed by atoms with Gasteiger partial charge in [-0.2, -0.15) is 11.8 Å². The Morgan fingerprint density at radius 2 is 1.77 bits per heavy atom. The van der Waals surface area contributed by atoms with E-state index in [1.807, 2.05) is 43.8 Å². The second kappa shape index (κ2) is 10.8. The van der Waals surface area contributed by atoms with Crippen LogP contribution in [0.5, 0.6) is 0 Å². The smallest absolute Gasteiger partial charge is 0.175 e. The first kappa shape index (κ1) is 22.8. The van der Waals surface area contributed by atoms with Crippen molar-refractivity contribution in [1.29, 1.82) is 0 Å². The van der Waals surface area contributed by atoms with E-state index in [1.54, 1.807) is 12.1 Å². The van der Waals surface area contributed by atoms with Crippen molar-refractivity contribution in [1.82, 2.24) is 0 Å². The molecule has 0 heterocycles. The number of benzene rings is 1. The molecule has 2 rings (SSSR count). The van der Waals surface area contributed by atoms with E-state index in [9.17, 15) is 8.42 Å². The van der Waals surface area contributed by atoms with Gasteiger partial charge in [0.2, 0.25) is 0 Å². The lowest BCUT2D eigenvalue weighted by Gasteiger charge is -2.14. The van der Waals surface area contributed by atoms with Gasteiger partial charge < -0.3 is 0 Å². The molecule has 144 valence electrons. The van der Waals surface area contributed by atoms with Crippen LogP contribution in [0.3, 0.4) is 0 Å². The van der Waals surface area contributed by atoms with E-state index >= 15 is 0 Å². The van der Waals surface area contributed by atoms with Gasteiger partial charge in [0.05, 0.1) is 4.90 Å². The molecule has 4 heteroatoms. The lowest BCUT2D eigenvalue weighted by molar-refractivity contribution is 0.602. The first-order valence-corrected chi connectivity index (χ1v) is 12.4. The third kappa shape index (κ3) is 6.17. The van der Waals surface area contributed by atoms with Gasteiger partial charge >= 0.3 is 0 Å². The minimum Gasteiger partial charge on any atom is -0.224 e. The van der Waals surface area contributed by atoms with E-state index in [-0.39, 0.29) is 0 Å². The Morgan fingerprint density at radius 3 is 2.27 bits per heavy atom. The van der Waals surface area contributed by atoms with Crippen LogP contribution in [0.2, 0.25) is 0 Å². The van der Waals surface area contributed by atoms with Crippen LogP contribution >= 0.6 is 11.8 Å². The van der Waals surface area contributed by atoms with Crippen LogP contribution in [0, 0.1) is 5.92 Å². The highest BCUT2D eigenvalue weighted by Gasteiger charge is 2.16. The number of thioether (sulfide) groups is 1. The minimum atomic E-state index is -3.14. The Hall–Kier alpha value is -1.26. The molecule has 0 bridgehead atoms. The molecule has 2 atom stereocenters. The van der Waals surface area contributed by atoms with Gasteiger partial charge in [-0.25, -0.2) is 8.42 Å². The molecule has 2 nitrogen and oxygen atoms in total. The quantitative estimate of drug-likeness (QED) is 0.521. The molecule has 26 heavy (non-hydrogen) atoms. The highest BCUT2D eigenvalue weighted by atomic mass is 32.2. The average Bonchev–Trinajstić information content (AvgIpc) is 3.10. The first-order chi connectivity index (χ1) is 12.4. The monoisotopic (exact) mass is 392 g/mol.